The van der Waals surface area contributed by atoms with Crippen molar-refractivity contribution in [1.82, 2.24) is 4.98 Å². The normalized spacial score (nSPS) is 18.6. The van der Waals surface area contributed by atoms with Gasteiger partial charge in [-0.15, -0.1) is 11.3 Å². The highest BCUT2D eigenvalue weighted by molar-refractivity contribution is 7.15. The lowest BCUT2D eigenvalue weighted by Gasteiger charge is -2.33. The van der Waals surface area contributed by atoms with Gasteiger partial charge in [0, 0.05) is 24.6 Å². The molecule has 0 atom stereocenters. The Hall–Kier alpha value is -1.14. The molecule has 1 aliphatic heterocycles. The molecule has 6 heteroatoms. The number of anilines is 1. The number of hydrogen-bond acceptors (Lipinski definition) is 5. The minimum atomic E-state index is -0.747. The van der Waals surface area contributed by atoms with Crippen LogP contribution in [-0.2, 0) is 9.53 Å². The van der Waals surface area contributed by atoms with Crippen molar-refractivity contribution in [2.45, 2.75) is 26.7 Å². The number of hydrogen-bond donors (Lipinski definition) is 2. The van der Waals surface area contributed by atoms with Crippen molar-refractivity contribution < 1.29 is 14.6 Å². The largest absolute Gasteiger partial charge is 0.481 e. The summed E-state index contributed by atoms with van der Waals surface area (Å²) in [5.41, 5.74) is 0.282. The van der Waals surface area contributed by atoms with E-state index in [4.69, 9.17) is 4.74 Å². The van der Waals surface area contributed by atoms with Crippen molar-refractivity contribution >= 4 is 22.4 Å². The van der Waals surface area contributed by atoms with Gasteiger partial charge in [-0.1, -0.05) is 0 Å². The van der Waals surface area contributed by atoms with Gasteiger partial charge in [0.1, 0.15) is 0 Å². The number of carbonyl (C=O) groups is 1. The molecule has 0 saturated carbocycles. The van der Waals surface area contributed by atoms with Gasteiger partial charge in [0.2, 0.25) is 0 Å². The van der Waals surface area contributed by atoms with Gasteiger partial charge in [0.25, 0.3) is 0 Å². The third-order valence-electron chi connectivity index (χ3n) is 3.51. The zero-order valence-electron chi connectivity index (χ0n) is 10.7. The van der Waals surface area contributed by atoms with Crippen LogP contribution in [0.1, 0.15) is 23.4 Å². The zero-order valence-corrected chi connectivity index (χ0v) is 11.5. The Bertz CT molecular complexity index is 419. The molecule has 2 N–H and O–H groups in total. The molecule has 1 aliphatic rings. The Morgan fingerprint density at radius 2 is 2.17 bits per heavy atom. The van der Waals surface area contributed by atoms with Crippen LogP contribution in [0.5, 0.6) is 0 Å². The van der Waals surface area contributed by atoms with E-state index < -0.39 is 11.4 Å². The van der Waals surface area contributed by atoms with Gasteiger partial charge in [-0.05, 0) is 26.7 Å². The Balaban J connectivity index is 2.03. The van der Waals surface area contributed by atoms with Crippen LogP contribution >= 0.6 is 11.3 Å². The van der Waals surface area contributed by atoms with Gasteiger partial charge in [-0.25, -0.2) is 4.98 Å². The quantitative estimate of drug-likeness (QED) is 0.876. The van der Waals surface area contributed by atoms with E-state index in [1.165, 1.54) is 0 Å². The number of ether oxygens (including phenoxy) is 1. The zero-order chi connectivity index (χ0) is 13.2. The summed E-state index contributed by atoms with van der Waals surface area (Å²) < 4.78 is 5.25. The lowest BCUT2D eigenvalue weighted by atomic mass is 9.80. The molecule has 1 fully saturated rings. The van der Waals surface area contributed by atoms with Crippen molar-refractivity contribution in [3.63, 3.8) is 0 Å². The maximum atomic E-state index is 11.5. The standard InChI is InChI=1S/C12H18N2O3S/c1-8-9(2)18-11(14-8)13-7-12(10(15)16)3-5-17-6-4-12/h3-7H2,1-2H3,(H,13,14)(H,15,16). The number of carboxylic acids is 1. The van der Waals surface area contributed by atoms with Gasteiger partial charge >= 0.3 is 5.97 Å². The van der Waals surface area contributed by atoms with Crippen molar-refractivity contribution in [3.8, 4) is 0 Å². The smallest absolute Gasteiger partial charge is 0.311 e. The number of aliphatic carboxylic acids is 1. The average Bonchev–Trinajstić information content (AvgIpc) is 2.67. The first kappa shape index (κ1) is 13.3. The summed E-state index contributed by atoms with van der Waals surface area (Å²) in [6, 6.07) is 0. The second kappa shape index (κ2) is 5.24. The van der Waals surface area contributed by atoms with Crippen LogP contribution in [0.3, 0.4) is 0 Å². The molecule has 1 aromatic heterocycles. The Morgan fingerprint density at radius 3 is 2.67 bits per heavy atom. The fourth-order valence-corrected chi connectivity index (χ4v) is 2.83. The monoisotopic (exact) mass is 270 g/mol. The van der Waals surface area contributed by atoms with E-state index in [9.17, 15) is 9.90 Å². The second-order valence-electron chi connectivity index (χ2n) is 4.71. The molecule has 0 unspecified atom stereocenters. The number of carboxylic acid groups (broad SMARTS) is 1. The molecule has 2 rings (SSSR count). The Kier molecular flexibility index (Phi) is 3.87. The number of nitrogens with zero attached hydrogens (tertiary/aromatic N) is 1. The Morgan fingerprint density at radius 1 is 1.50 bits per heavy atom. The van der Waals surface area contributed by atoms with E-state index in [-0.39, 0.29) is 0 Å². The molecule has 1 aromatic rings. The highest BCUT2D eigenvalue weighted by Gasteiger charge is 2.40. The topological polar surface area (TPSA) is 71.5 Å². The number of aryl methyl sites for hydroxylation is 2. The summed E-state index contributed by atoms with van der Waals surface area (Å²) in [6.45, 7) is 5.42. The minimum Gasteiger partial charge on any atom is -0.481 e. The fourth-order valence-electron chi connectivity index (χ4n) is 2.02. The summed E-state index contributed by atoms with van der Waals surface area (Å²) in [4.78, 5) is 17.0. The van der Waals surface area contributed by atoms with Crippen LogP contribution in [0, 0.1) is 19.3 Å². The number of aromatic nitrogens is 1. The van der Waals surface area contributed by atoms with Crippen LogP contribution < -0.4 is 5.32 Å². The summed E-state index contributed by atoms with van der Waals surface area (Å²) in [6.07, 6.45) is 1.11. The summed E-state index contributed by atoms with van der Waals surface area (Å²) in [5, 5.41) is 13.4. The summed E-state index contributed by atoms with van der Waals surface area (Å²) in [7, 11) is 0. The average molecular weight is 270 g/mol. The fraction of sp³-hybridized carbons (Fsp3) is 0.667. The maximum Gasteiger partial charge on any atom is 0.311 e. The molecular formula is C12H18N2O3S. The van der Waals surface area contributed by atoms with Gasteiger partial charge in [0.05, 0.1) is 11.1 Å². The first-order chi connectivity index (χ1) is 8.53. The van der Waals surface area contributed by atoms with E-state index in [0.29, 0.717) is 32.6 Å². The number of thiazole rings is 1. The van der Waals surface area contributed by atoms with E-state index in [1.807, 2.05) is 13.8 Å². The molecule has 1 saturated heterocycles. The lowest BCUT2D eigenvalue weighted by molar-refractivity contribution is -0.153. The molecule has 2 heterocycles. The van der Waals surface area contributed by atoms with Gasteiger partial charge in [0.15, 0.2) is 5.13 Å². The molecule has 18 heavy (non-hydrogen) atoms. The first-order valence-corrected chi connectivity index (χ1v) is 6.84. The van der Waals surface area contributed by atoms with E-state index in [2.05, 4.69) is 10.3 Å². The predicted octanol–water partition coefficient (Wildman–Crippen LogP) is 2.05. The van der Waals surface area contributed by atoms with Gasteiger partial charge in [-0.3, -0.25) is 4.79 Å². The first-order valence-electron chi connectivity index (χ1n) is 6.02. The van der Waals surface area contributed by atoms with Crippen molar-refractivity contribution in [2.75, 3.05) is 25.1 Å². The SMILES string of the molecule is Cc1nc(NCC2(C(=O)O)CCOCC2)sc1C. The molecule has 0 aliphatic carbocycles. The van der Waals surface area contributed by atoms with Gasteiger partial charge in [-0.2, -0.15) is 0 Å². The molecule has 0 amide bonds. The van der Waals surface area contributed by atoms with Crippen LogP contribution in [0.4, 0.5) is 5.13 Å². The van der Waals surface area contributed by atoms with Crippen LogP contribution in [0.15, 0.2) is 0 Å². The third-order valence-corrected chi connectivity index (χ3v) is 4.54. The molecular weight excluding hydrogens is 252 g/mol. The third kappa shape index (κ3) is 2.64. The van der Waals surface area contributed by atoms with E-state index >= 15 is 0 Å². The predicted molar refractivity (Wildman–Crippen MR) is 70.2 cm³/mol. The maximum absolute atomic E-state index is 11.5. The molecule has 0 aromatic carbocycles. The van der Waals surface area contributed by atoms with Crippen molar-refractivity contribution in [1.29, 1.82) is 0 Å². The summed E-state index contributed by atoms with van der Waals surface area (Å²) >= 11 is 1.57. The molecule has 0 spiro atoms. The van der Waals surface area contributed by atoms with E-state index in [1.54, 1.807) is 11.3 Å². The second-order valence-corrected chi connectivity index (χ2v) is 5.92. The van der Waals surface area contributed by atoms with Gasteiger partial charge < -0.3 is 15.2 Å². The molecule has 0 bridgehead atoms. The van der Waals surface area contributed by atoms with Crippen molar-refractivity contribution in [2.24, 2.45) is 5.41 Å². The van der Waals surface area contributed by atoms with Crippen LogP contribution in [-0.4, -0.2) is 35.8 Å². The highest BCUT2D eigenvalue weighted by Crippen LogP contribution is 2.32. The van der Waals surface area contributed by atoms with Crippen LogP contribution in [0.2, 0.25) is 0 Å². The molecule has 0 radical (unpaired) electrons. The highest BCUT2D eigenvalue weighted by atomic mass is 32.1. The Labute approximate surface area is 110 Å². The van der Waals surface area contributed by atoms with Crippen molar-refractivity contribution in [3.05, 3.63) is 10.6 Å². The van der Waals surface area contributed by atoms with E-state index in [0.717, 1.165) is 15.7 Å². The minimum absolute atomic E-state index is 0.415. The summed E-state index contributed by atoms with van der Waals surface area (Å²) in [5.74, 6) is -0.747. The molecule has 5 nitrogen and oxygen atoms in total. The lowest BCUT2D eigenvalue weighted by Crippen LogP contribution is -2.42. The van der Waals surface area contributed by atoms with Crippen LogP contribution in [0.25, 0.3) is 0 Å². The number of nitrogens with one attached hydrogen (secondary N) is 1. The molecule has 100 valence electrons. The number of rotatable bonds is 4.